The third-order valence-electron chi connectivity index (χ3n) is 3.48. The van der Waals surface area contributed by atoms with E-state index in [0.29, 0.717) is 17.3 Å². The molecule has 2 N–H and O–H groups in total. The van der Waals surface area contributed by atoms with Gasteiger partial charge in [0.1, 0.15) is 5.65 Å². The maximum Gasteiger partial charge on any atom is 0.258 e. The molecular formula is C13H15N3O. The van der Waals surface area contributed by atoms with Crippen molar-refractivity contribution in [2.75, 3.05) is 5.73 Å². The monoisotopic (exact) mass is 229 g/mol. The van der Waals surface area contributed by atoms with E-state index in [2.05, 4.69) is 4.98 Å². The molecule has 1 saturated carbocycles. The number of hydrogen-bond donors (Lipinski definition) is 1. The fourth-order valence-electron chi connectivity index (χ4n) is 2.57. The Labute approximate surface area is 99.1 Å². The fourth-order valence-corrected chi connectivity index (χ4v) is 2.57. The van der Waals surface area contributed by atoms with E-state index in [1.54, 1.807) is 24.4 Å². The minimum absolute atomic E-state index is 0.0168. The first-order valence-electron chi connectivity index (χ1n) is 6.03. The van der Waals surface area contributed by atoms with Crippen LogP contribution in [0.2, 0.25) is 0 Å². The van der Waals surface area contributed by atoms with Gasteiger partial charge in [-0.15, -0.1) is 0 Å². The highest BCUT2D eigenvalue weighted by Crippen LogP contribution is 2.32. The average molecular weight is 229 g/mol. The van der Waals surface area contributed by atoms with Crippen LogP contribution in [0.25, 0.3) is 5.65 Å². The molecule has 2 heterocycles. The van der Waals surface area contributed by atoms with Crippen molar-refractivity contribution in [3.05, 3.63) is 40.4 Å². The number of nitrogens with zero attached hydrogens (tertiary/aromatic N) is 2. The van der Waals surface area contributed by atoms with Crippen LogP contribution < -0.4 is 11.3 Å². The molecule has 0 unspecified atom stereocenters. The maximum atomic E-state index is 11.9. The molecule has 2 aromatic heterocycles. The van der Waals surface area contributed by atoms with Crippen LogP contribution in [-0.4, -0.2) is 9.38 Å². The van der Waals surface area contributed by atoms with Gasteiger partial charge in [-0.3, -0.25) is 9.20 Å². The van der Waals surface area contributed by atoms with Crippen molar-refractivity contribution < 1.29 is 0 Å². The number of rotatable bonds is 1. The number of anilines is 1. The van der Waals surface area contributed by atoms with Crippen LogP contribution in [0.3, 0.4) is 0 Å². The van der Waals surface area contributed by atoms with Crippen molar-refractivity contribution >= 4 is 11.3 Å². The van der Waals surface area contributed by atoms with E-state index in [-0.39, 0.29) is 5.56 Å². The molecule has 88 valence electrons. The van der Waals surface area contributed by atoms with Gasteiger partial charge in [0.2, 0.25) is 0 Å². The number of nitrogens with two attached hydrogens (primary N) is 1. The Morgan fingerprint density at radius 3 is 2.82 bits per heavy atom. The van der Waals surface area contributed by atoms with Crippen molar-refractivity contribution in [1.82, 2.24) is 9.38 Å². The highest BCUT2D eigenvalue weighted by atomic mass is 16.1. The first kappa shape index (κ1) is 10.3. The van der Waals surface area contributed by atoms with Crippen molar-refractivity contribution in [2.24, 2.45) is 0 Å². The molecule has 1 aliphatic carbocycles. The topological polar surface area (TPSA) is 60.4 Å². The van der Waals surface area contributed by atoms with E-state index >= 15 is 0 Å². The predicted octanol–water partition coefficient (Wildman–Crippen LogP) is 1.93. The molecular weight excluding hydrogens is 214 g/mol. The van der Waals surface area contributed by atoms with Crippen molar-refractivity contribution in [2.45, 2.75) is 31.6 Å². The second kappa shape index (κ2) is 3.87. The van der Waals surface area contributed by atoms with E-state index in [9.17, 15) is 4.79 Å². The number of pyridine rings is 1. The van der Waals surface area contributed by atoms with Crippen LogP contribution >= 0.6 is 0 Å². The molecule has 0 aliphatic heterocycles. The second-order valence-corrected chi connectivity index (χ2v) is 4.69. The van der Waals surface area contributed by atoms with Crippen LogP contribution in [0, 0.1) is 0 Å². The highest BCUT2D eigenvalue weighted by Gasteiger charge is 2.19. The Balaban J connectivity index is 2.18. The Morgan fingerprint density at radius 1 is 1.29 bits per heavy atom. The lowest BCUT2D eigenvalue weighted by Gasteiger charge is -2.09. The number of hydrogen-bond acceptors (Lipinski definition) is 3. The van der Waals surface area contributed by atoms with Crippen LogP contribution in [0.1, 0.15) is 37.3 Å². The lowest BCUT2D eigenvalue weighted by molar-refractivity contribution is 0.694. The van der Waals surface area contributed by atoms with Crippen molar-refractivity contribution in [3.8, 4) is 0 Å². The standard InChI is InChI=1S/C13H15N3O/c14-10-5-6-16-12(7-10)15-11(8-13(16)17)9-3-1-2-4-9/h5-9H,1-4,14H2. The summed E-state index contributed by atoms with van der Waals surface area (Å²) in [4.78, 5) is 16.5. The molecule has 2 aromatic rings. The molecule has 4 heteroatoms. The van der Waals surface area contributed by atoms with Gasteiger partial charge >= 0.3 is 0 Å². The maximum absolute atomic E-state index is 11.9. The Hall–Kier alpha value is -1.84. The van der Waals surface area contributed by atoms with Gasteiger partial charge in [-0.2, -0.15) is 0 Å². The van der Waals surface area contributed by atoms with Crippen molar-refractivity contribution in [1.29, 1.82) is 0 Å². The third kappa shape index (κ3) is 1.79. The van der Waals surface area contributed by atoms with E-state index < -0.39 is 0 Å². The van der Waals surface area contributed by atoms with E-state index in [1.165, 1.54) is 17.2 Å². The molecule has 0 spiro atoms. The predicted molar refractivity (Wildman–Crippen MR) is 67.1 cm³/mol. The number of aromatic nitrogens is 2. The largest absolute Gasteiger partial charge is 0.399 e. The number of nitrogen functional groups attached to an aromatic ring is 1. The second-order valence-electron chi connectivity index (χ2n) is 4.69. The van der Waals surface area contributed by atoms with Crippen molar-refractivity contribution in [3.63, 3.8) is 0 Å². The summed E-state index contributed by atoms with van der Waals surface area (Å²) < 4.78 is 1.54. The summed E-state index contributed by atoms with van der Waals surface area (Å²) in [5.74, 6) is 0.453. The van der Waals surface area contributed by atoms with E-state index in [0.717, 1.165) is 18.5 Å². The minimum Gasteiger partial charge on any atom is -0.399 e. The van der Waals surface area contributed by atoms with Crippen LogP contribution in [0.15, 0.2) is 29.2 Å². The molecule has 4 nitrogen and oxygen atoms in total. The molecule has 1 aliphatic rings. The van der Waals surface area contributed by atoms with E-state index in [4.69, 9.17) is 5.73 Å². The van der Waals surface area contributed by atoms with Gasteiger partial charge in [0.25, 0.3) is 5.56 Å². The van der Waals surface area contributed by atoms with Crippen LogP contribution in [-0.2, 0) is 0 Å². The smallest absolute Gasteiger partial charge is 0.258 e. The summed E-state index contributed by atoms with van der Waals surface area (Å²) in [7, 11) is 0. The third-order valence-corrected chi connectivity index (χ3v) is 3.48. The summed E-state index contributed by atoms with van der Waals surface area (Å²) >= 11 is 0. The SMILES string of the molecule is Nc1ccn2c(=O)cc(C3CCCC3)nc2c1. The lowest BCUT2D eigenvalue weighted by atomic mass is 10.0. The minimum atomic E-state index is -0.0168. The summed E-state index contributed by atoms with van der Waals surface area (Å²) in [6.07, 6.45) is 6.44. The molecule has 0 aromatic carbocycles. The zero-order valence-electron chi connectivity index (χ0n) is 9.60. The molecule has 0 amide bonds. The Kier molecular flexibility index (Phi) is 2.35. The molecule has 17 heavy (non-hydrogen) atoms. The highest BCUT2D eigenvalue weighted by molar-refractivity contribution is 5.51. The Morgan fingerprint density at radius 2 is 2.06 bits per heavy atom. The quantitative estimate of drug-likeness (QED) is 0.812. The first-order chi connectivity index (χ1) is 8.24. The summed E-state index contributed by atoms with van der Waals surface area (Å²) in [5, 5.41) is 0. The van der Waals surface area contributed by atoms with Gasteiger partial charge in [-0.25, -0.2) is 4.98 Å². The van der Waals surface area contributed by atoms with Gasteiger partial charge in [0.15, 0.2) is 0 Å². The molecule has 0 atom stereocenters. The zero-order valence-corrected chi connectivity index (χ0v) is 9.60. The van der Waals surface area contributed by atoms with Crippen LogP contribution in [0.5, 0.6) is 0 Å². The molecule has 0 bridgehead atoms. The summed E-state index contributed by atoms with van der Waals surface area (Å²) in [6, 6.07) is 5.13. The van der Waals surface area contributed by atoms with Gasteiger partial charge in [0, 0.05) is 29.9 Å². The molecule has 0 radical (unpaired) electrons. The molecule has 0 saturated heterocycles. The first-order valence-corrected chi connectivity index (χ1v) is 6.03. The zero-order chi connectivity index (χ0) is 11.8. The molecule has 3 rings (SSSR count). The lowest BCUT2D eigenvalue weighted by Crippen LogP contribution is -2.16. The van der Waals surface area contributed by atoms with Gasteiger partial charge in [-0.1, -0.05) is 12.8 Å². The Bertz CT molecular complexity index is 612. The van der Waals surface area contributed by atoms with E-state index in [1.807, 2.05) is 0 Å². The summed E-state index contributed by atoms with van der Waals surface area (Å²) in [5.41, 5.74) is 7.93. The summed E-state index contributed by atoms with van der Waals surface area (Å²) in [6.45, 7) is 0. The average Bonchev–Trinajstić information content (AvgIpc) is 2.81. The van der Waals surface area contributed by atoms with Gasteiger partial charge < -0.3 is 5.73 Å². The fraction of sp³-hybridized carbons (Fsp3) is 0.385. The van der Waals surface area contributed by atoms with Gasteiger partial charge in [-0.05, 0) is 18.9 Å². The van der Waals surface area contributed by atoms with Gasteiger partial charge in [0.05, 0.1) is 5.69 Å². The molecule has 1 fully saturated rings. The normalized spacial score (nSPS) is 16.7. The number of fused-ring (bicyclic) bond motifs is 1. The van der Waals surface area contributed by atoms with Crippen LogP contribution in [0.4, 0.5) is 5.69 Å².